The topological polar surface area (TPSA) is 56.0 Å². The fraction of sp³-hybridized carbons (Fsp3) is 0.111. The summed E-state index contributed by atoms with van der Waals surface area (Å²) in [6.07, 6.45) is 0. The number of aryl methyl sites for hydroxylation is 1. The van der Waals surface area contributed by atoms with Crippen LogP contribution in [0.4, 0.5) is 0 Å². The van der Waals surface area contributed by atoms with E-state index in [1.54, 1.807) is 19.1 Å². The molecule has 0 spiro atoms. The van der Waals surface area contributed by atoms with Crippen LogP contribution in [0.2, 0.25) is 5.15 Å². The molecule has 2 N–H and O–H groups in total. The Labute approximate surface area is 80.9 Å². The Hall–Kier alpha value is -1.53. The Morgan fingerprint density at radius 3 is 2.85 bits per heavy atom. The molecule has 0 unspecified atom stereocenters. The standard InChI is InChI=1S/C9H7ClN2O/c1-6-7(3-5-9(11)13)2-4-8(10)12-6/h2,4H,1H3,(H2,11,13). The van der Waals surface area contributed by atoms with Crippen LogP contribution in [0.1, 0.15) is 11.3 Å². The predicted molar refractivity (Wildman–Crippen MR) is 50.1 cm³/mol. The number of halogens is 1. The molecule has 0 saturated carbocycles. The average molecular weight is 195 g/mol. The van der Waals surface area contributed by atoms with Crippen molar-refractivity contribution in [1.29, 1.82) is 0 Å². The second-order valence-electron chi connectivity index (χ2n) is 2.38. The van der Waals surface area contributed by atoms with E-state index in [4.69, 9.17) is 17.3 Å². The highest BCUT2D eigenvalue weighted by Gasteiger charge is 1.96. The number of nitrogens with two attached hydrogens (primary N) is 1. The van der Waals surface area contributed by atoms with Crippen molar-refractivity contribution in [3.63, 3.8) is 0 Å². The van der Waals surface area contributed by atoms with E-state index in [-0.39, 0.29) is 0 Å². The van der Waals surface area contributed by atoms with Gasteiger partial charge in [-0.2, -0.15) is 0 Å². The van der Waals surface area contributed by atoms with Gasteiger partial charge in [0, 0.05) is 11.5 Å². The smallest absolute Gasteiger partial charge is 0.293 e. The quantitative estimate of drug-likeness (QED) is 0.493. The number of primary amides is 1. The molecule has 0 bridgehead atoms. The minimum absolute atomic E-state index is 0.405. The van der Waals surface area contributed by atoms with Crippen LogP contribution in [0.3, 0.4) is 0 Å². The molecule has 0 aromatic carbocycles. The van der Waals surface area contributed by atoms with Gasteiger partial charge >= 0.3 is 0 Å². The summed E-state index contributed by atoms with van der Waals surface area (Å²) in [5.74, 6) is 4.16. The van der Waals surface area contributed by atoms with Gasteiger partial charge in [0.1, 0.15) is 5.15 Å². The van der Waals surface area contributed by atoms with Gasteiger partial charge < -0.3 is 5.73 Å². The highest BCUT2D eigenvalue weighted by atomic mass is 35.5. The fourth-order valence-electron chi connectivity index (χ4n) is 0.791. The van der Waals surface area contributed by atoms with Crippen LogP contribution < -0.4 is 5.73 Å². The summed E-state index contributed by atoms with van der Waals surface area (Å²) in [5.41, 5.74) is 6.20. The van der Waals surface area contributed by atoms with Gasteiger partial charge in [-0.15, -0.1) is 0 Å². The maximum atomic E-state index is 10.4. The molecule has 1 aromatic rings. The molecule has 1 rings (SSSR count). The number of carbonyl (C=O) groups is 1. The van der Waals surface area contributed by atoms with Crippen LogP contribution in [0.15, 0.2) is 12.1 Å². The van der Waals surface area contributed by atoms with Crippen LogP contribution in [0.5, 0.6) is 0 Å². The predicted octanol–water partition coefficient (Wildman–Crippen LogP) is 0.880. The van der Waals surface area contributed by atoms with E-state index in [0.29, 0.717) is 16.4 Å². The zero-order valence-electron chi connectivity index (χ0n) is 6.97. The molecule has 66 valence electrons. The monoisotopic (exact) mass is 194 g/mol. The third kappa shape index (κ3) is 2.77. The molecule has 0 fully saturated rings. The molecule has 4 heteroatoms. The Balaban J connectivity index is 3.05. The van der Waals surface area contributed by atoms with E-state index in [2.05, 4.69) is 16.8 Å². The van der Waals surface area contributed by atoms with E-state index < -0.39 is 5.91 Å². The number of carbonyl (C=O) groups excluding carboxylic acids is 1. The number of pyridine rings is 1. The van der Waals surface area contributed by atoms with Crippen LogP contribution in [0, 0.1) is 18.8 Å². The minimum Gasteiger partial charge on any atom is -0.359 e. The van der Waals surface area contributed by atoms with Gasteiger partial charge in [-0.25, -0.2) is 4.98 Å². The minimum atomic E-state index is -0.658. The Kier molecular flexibility index (Phi) is 2.88. The molecule has 1 heterocycles. The molecule has 0 aliphatic carbocycles. The molecular weight excluding hydrogens is 188 g/mol. The molecule has 0 aliphatic rings. The fourth-order valence-corrected chi connectivity index (χ4v) is 0.981. The lowest BCUT2D eigenvalue weighted by molar-refractivity contribution is -0.112. The number of hydrogen-bond donors (Lipinski definition) is 1. The number of amides is 1. The number of rotatable bonds is 0. The van der Waals surface area contributed by atoms with E-state index in [1.807, 2.05) is 0 Å². The maximum Gasteiger partial charge on any atom is 0.293 e. The molecule has 1 aromatic heterocycles. The van der Waals surface area contributed by atoms with E-state index in [0.717, 1.165) is 0 Å². The van der Waals surface area contributed by atoms with E-state index >= 15 is 0 Å². The van der Waals surface area contributed by atoms with Crippen molar-refractivity contribution >= 4 is 17.5 Å². The second-order valence-corrected chi connectivity index (χ2v) is 2.77. The first-order valence-electron chi connectivity index (χ1n) is 3.54. The Bertz CT molecular complexity index is 404. The second kappa shape index (κ2) is 3.92. The third-order valence-electron chi connectivity index (χ3n) is 1.37. The molecule has 0 radical (unpaired) electrons. The van der Waals surface area contributed by atoms with Crippen molar-refractivity contribution in [2.75, 3.05) is 0 Å². The summed E-state index contributed by atoms with van der Waals surface area (Å²) in [5, 5.41) is 0.405. The summed E-state index contributed by atoms with van der Waals surface area (Å²) >= 11 is 5.63. The van der Waals surface area contributed by atoms with Gasteiger partial charge in [-0.05, 0) is 19.1 Å². The Morgan fingerprint density at radius 1 is 1.62 bits per heavy atom. The lowest BCUT2D eigenvalue weighted by Crippen LogP contribution is -2.06. The van der Waals surface area contributed by atoms with Crippen LogP contribution >= 0.6 is 11.6 Å². The molecule has 0 aliphatic heterocycles. The first-order chi connectivity index (χ1) is 6.09. The molecule has 3 nitrogen and oxygen atoms in total. The van der Waals surface area contributed by atoms with Crippen molar-refractivity contribution < 1.29 is 4.79 Å². The average Bonchev–Trinajstić information content (AvgIpc) is 2.02. The van der Waals surface area contributed by atoms with E-state index in [1.165, 1.54) is 0 Å². The van der Waals surface area contributed by atoms with Crippen molar-refractivity contribution in [2.45, 2.75) is 6.92 Å². The Morgan fingerprint density at radius 2 is 2.31 bits per heavy atom. The number of aromatic nitrogens is 1. The van der Waals surface area contributed by atoms with Crippen molar-refractivity contribution in [2.24, 2.45) is 5.73 Å². The largest absolute Gasteiger partial charge is 0.359 e. The highest BCUT2D eigenvalue weighted by molar-refractivity contribution is 6.29. The van der Waals surface area contributed by atoms with Gasteiger partial charge in [-0.1, -0.05) is 17.5 Å². The summed E-state index contributed by atoms with van der Waals surface area (Å²) in [4.78, 5) is 14.3. The summed E-state index contributed by atoms with van der Waals surface area (Å²) < 4.78 is 0. The van der Waals surface area contributed by atoms with Crippen molar-refractivity contribution in [3.8, 4) is 11.8 Å². The van der Waals surface area contributed by atoms with Gasteiger partial charge in [0.2, 0.25) is 0 Å². The zero-order chi connectivity index (χ0) is 9.84. The molecule has 13 heavy (non-hydrogen) atoms. The van der Waals surface area contributed by atoms with Crippen LogP contribution in [-0.4, -0.2) is 10.9 Å². The lowest BCUT2D eigenvalue weighted by atomic mass is 10.2. The maximum absolute atomic E-state index is 10.4. The normalized spacial score (nSPS) is 8.77. The molecule has 0 atom stereocenters. The third-order valence-corrected chi connectivity index (χ3v) is 1.58. The van der Waals surface area contributed by atoms with Crippen LogP contribution in [0.25, 0.3) is 0 Å². The zero-order valence-corrected chi connectivity index (χ0v) is 7.72. The summed E-state index contributed by atoms with van der Waals surface area (Å²) in [7, 11) is 0. The van der Waals surface area contributed by atoms with Crippen LogP contribution in [-0.2, 0) is 4.79 Å². The first kappa shape index (κ1) is 9.56. The lowest BCUT2D eigenvalue weighted by Gasteiger charge is -1.95. The SMILES string of the molecule is Cc1nc(Cl)ccc1C#CC(N)=O. The van der Waals surface area contributed by atoms with E-state index in [9.17, 15) is 4.79 Å². The summed E-state index contributed by atoms with van der Waals surface area (Å²) in [6.45, 7) is 1.76. The van der Waals surface area contributed by atoms with Crippen molar-refractivity contribution in [1.82, 2.24) is 4.98 Å². The molecule has 0 saturated heterocycles. The first-order valence-corrected chi connectivity index (χ1v) is 3.92. The van der Waals surface area contributed by atoms with Gasteiger partial charge in [-0.3, -0.25) is 4.79 Å². The number of nitrogens with zero attached hydrogens (tertiary/aromatic N) is 1. The highest BCUT2D eigenvalue weighted by Crippen LogP contribution is 2.08. The van der Waals surface area contributed by atoms with Crippen molar-refractivity contribution in [3.05, 3.63) is 28.5 Å². The molecule has 1 amide bonds. The number of hydrogen-bond acceptors (Lipinski definition) is 2. The summed E-state index contributed by atoms with van der Waals surface area (Å²) in [6, 6.07) is 3.31. The van der Waals surface area contributed by atoms with Gasteiger partial charge in [0.05, 0.1) is 5.69 Å². The van der Waals surface area contributed by atoms with Gasteiger partial charge in [0.25, 0.3) is 5.91 Å². The van der Waals surface area contributed by atoms with Gasteiger partial charge in [0.15, 0.2) is 0 Å². The molecular formula is C9H7ClN2O.